The minimum absolute atomic E-state index is 0.0102. The van der Waals surface area contributed by atoms with Crippen LogP contribution in [0.25, 0.3) is 11.0 Å². The van der Waals surface area contributed by atoms with Crippen molar-refractivity contribution in [3.8, 4) is 5.88 Å². The number of aromatic nitrogens is 4. The fraction of sp³-hybridized carbons (Fsp3) is 0.286. The summed E-state index contributed by atoms with van der Waals surface area (Å²) in [7, 11) is -2.09. The number of aromatic amines is 1. The van der Waals surface area contributed by atoms with Crippen molar-refractivity contribution in [1.82, 2.24) is 20.2 Å². The Morgan fingerprint density at radius 3 is 2.62 bits per heavy atom. The first-order chi connectivity index (χ1) is 7.43. The molecule has 0 fully saturated rings. The summed E-state index contributed by atoms with van der Waals surface area (Å²) >= 11 is 0. The minimum atomic E-state index is -3.51. The molecule has 2 rings (SSSR count). The Labute approximate surface area is 90.8 Å². The molecule has 2 heterocycles. The van der Waals surface area contributed by atoms with Crippen LogP contribution >= 0.6 is 0 Å². The minimum Gasteiger partial charge on any atom is -0.479 e. The van der Waals surface area contributed by atoms with Crippen LogP contribution in [0.15, 0.2) is 5.16 Å². The van der Waals surface area contributed by atoms with Crippen LogP contribution in [0.4, 0.5) is 5.82 Å². The predicted molar refractivity (Wildman–Crippen MR) is 55.8 cm³/mol. The van der Waals surface area contributed by atoms with Crippen molar-refractivity contribution in [3.63, 3.8) is 0 Å². The molecule has 16 heavy (non-hydrogen) atoms. The van der Waals surface area contributed by atoms with Gasteiger partial charge in [0, 0.05) is 6.26 Å². The van der Waals surface area contributed by atoms with Gasteiger partial charge in [0.2, 0.25) is 15.7 Å². The fourth-order valence-corrected chi connectivity index (χ4v) is 1.74. The van der Waals surface area contributed by atoms with E-state index in [1.54, 1.807) is 0 Å². The third kappa shape index (κ3) is 1.54. The first kappa shape index (κ1) is 10.6. The van der Waals surface area contributed by atoms with E-state index in [4.69, 9.17) is 10.5 Å². The maximum absolute atomic E-state index is 11.3. The Morgan fingerprint density at radius 1 is 1.38 bits per heavy atom. The Balaban J connectivity index is 2.80. The third-order valence-corrected chi connectivity index (χ3v) is 2.76. The lowest BCUT2D eigenvalue weighted by molar-refractivity contribution is 0.401. The zero-order valence-corrected chi connectivity index (χ0v) is 9.37. The van der Waals surface area contributed by atoms with Gasteiger partial charge in [0.25, 0.3) is 5.16 Å². The maximum atomic E-state index is 11.3. The molecular weight excluding hydrogens is 234 g/mol. The number of nitrogen functional groups attached to an aromatic ring is 1. The molecule has 9 heteroatoms. The number of hydrogen-bond acceptors (Lipinski definition) is 7. The van der Waals surface area contributed by atoms with Crippen molar-refractivity contribution in [3.05, 3.63) is 0 Å². The molecular formula is C7H9N5O3S. The van der Waals surface area contributed by atoms with Crippen molar-refractivity contribution >= 4 is 26.7 Å². The molecule has 2 aromatic heterocycles. The van der Waals surface area contributed by atoms with Gasteiger partial charge in [-0.1, -0.05) is 0 Å². The Kier molecular flexibility index (Phi) is 2.19. The molecule has 2 aromatic rings. The highest BCUT2D eigenvalue weighted by Gasteiger charge is 2.18. The monoisotopic (exact) mass is 243 g/mol. The van der Waals surface area contributed by atoms with E-state index >= 15 is 0 Å². The van der Waals surface area contributed by atoms with E-state index in [-0.39, 0.29) is 22.5 Å². The molecule has 0 unspecified atom stereocenters. The number of H-pyrrole nitrogens is 1. The molecule has 0 bridgehead atoms. The average molecular weight is 243 g/mol. The number of nitrogens with zero attached hydrogens (tertiary/aromatic N) is 3. The van der Waals surface area contributed by atoms with Gasteiger partial charge >= 0.3 is 0 Å². The number of rotatable bonds is 2. The number of nitrogens with two attached hydrogens (primary N) is 1. The molecule has 0 radical (unpaired) electrons. The molecule has 0 aliphatic heterocycles. The molecule has 3 N–H and O–H groups in total. The van der Waals surface area contributed by atoms with Crippen LogP contribution in [0.2, 0.25) is 0 Å². The van der Waals surface area contributed by atoms with Crippen molar-refractivity contribution in [2.24, 2.45) is 0 Å². The van der Waals surface area contributed by atoms with Crippen LogP contribution in [0.3, 0.4) is 0 Å². The second-order valence-corrected chi connectivity index (χ2v) is 5.03. The van der Waals surface area contributed by atoms with Gasteiger partial charge in [0.1, 0.15) is 11.2 Å². The van der Waals surface area contributed by atoms with Crippen LogP contribution < -0.4 is 10.5 Å². The van der Waals surface area contributed by atoms with Crippen molar-refractivity contribution < 1.29 is 13.2 Å². The van der Waals surface area contributed by atoms with E-state index in [0.717, 1.165) is 6.26 Å². The summed E-state index contributed by atoms with van der Waals surface area (Å²) in [4.78, 5) is 7.49. The summed E-state index contributed by atoms with van der Waals surface area (Å²) in [6, 6.07) is 0. The Hall–Kier alpha value is -1.90. The lowest BCUT2D eigenvalue weighted by Crippen LogP contribution is -2.06. The van der Waals surface area contributed by atoms with Gasteiger partial charge in [-0.05, 0) is 0 Å². The van der Waals surface area contributed by atoms with E-state index in [0.29, 0.717) is 5.39 Å². The van der Waals surface area contributed by atoms with Gasteiger partial charge in [-0.15, -0.1) is 5.10 Å². The van der Waals surface area contributed by atoms with Gasteiger partial charge in [-0.25, -0.2) is 13.4 Å². The normalized spacial score (nSPS) is 11.9. The highest BCUT2D eigenvalue weighted by molar-refractivity contribution is 7.90. The third-order valence-electron chi connectivity index (χ3n) is 1.92. The SMILES string of the molecule is COc1n[nH]c2nc(S(C)(=O)=O)nc(N)c12. The molecule has 0 aromatic carbocycles. The smallest absolute Gasteiger partial charge is 0.250 e. The summed E-state index contributed by atoms with van der Waals surface area (Å²) in [6.45, 7) is 0. The standard InChI is InChI=1S/C7H9N5O3S/c1-15-6-3-4(8)9-7(16(2,13)14)10-5(3)11-12-6/h1-2H3,(H3,8,9,10,11,12). The Morgan fingerprint density at radius 2 is 2.06 bits per heavy atom. The largest absolute Gasteiger partial charge is 0.479 e. The first-order valence-electron chi connectivity index (χ1n) is 4.19. The zero-order chi connectivity index (χ0) is 11.9. The maximum Gasteiger partial charge on any atom is 0.250 e. The molecule has 0 saturated carbocycles. The molecule has 0 aliphatic rings. The predicted octanol–water partition coefficient (Wildman–Crippen LogP) is -0.653. The van der Waals surface area contributed by atoms with E-state index in [2.05, 4.69) is 20.2 Å². The number of methoxy groups -OCH3 is 1. The average Bonchev–Trinajstić information content (AvgIpc) is 2.59. The molecule has 0 amide bonds. The number of hydrogen-bond donors (Lipinski definition) is 2. The van der Waals surface area contributed by atoms with Crippen LogP contribution in [0.1, 0.15) is 0 Å². The molecule has 8 nitrogen and oxygen atoms in total. The van der Waals surface area contributed by atoms with E-state index in [1.165, 1.54) is 7.11 Å². The number of fused-ring (bicyclic) bond motifs is 1. The van der Waals surface area contributed by atoms with Gasteiger partial charge in [0.05, 0.1) is 7.11 Å². The van der Waals surface area contributed by atoms with E-state index < -0.39 is 9.84 Å². The van der Waals surface area contributed by atoms with Crippen LogP contribution in [-0.4, -0.2) is 41.9 Å². The van der Waals surface area contributed by atoms with Crippen LogP contribution in [0.5, 0.6) is 5.88 Å². The highest BCUT2D eigenvalue weighted by Crippen LogP contribution is 2.26. The second-order valence-electron chi connectivity index (χ2n) is 3.12. The molecule has 0 aliphatic carbocycles. The zero-order valence-electron chi connectivity index (χ0n) is 8.55. The molecule has 0 saturated heterocycles. The summed E-state index contributed by atoms with van der Waals surface area (Å²) < 4.78 is 27.4. The second kappa shape index (κ2) is 3.30. The first-order valence-corrected chi connectivity index (χ1v) is 6.08. The van der Waals surface area contributed by atoms with Gasteiger partial charge < -0.3 is 10.5 Å². The van der Waals surface area contributed by atoms with Gasteiger partial charge in [-0.2, -0.15) is 4.98 Å². The summed E-state index contributed by atoms with van der Waals surface area (Å²) in [5, 5.41) is 6.32. The summed E-state index contributed by atoms with van der Waals surface area (Å²) in [5.74, 6) is 0.239. The van der Waals surface area contributed by atoms with Gasteiger partial charge in [-0.3, -0.25) is 5.10 Å². The number of nitrogens with one attached hydrogen (secondary N) is 1. The summed E-state index contributed by atoms with van der Waals surface area (Å²) in [6.07, 6.45) is 1.00. The topological polar surface area (TPSA) is 124 Å². The van der Waals surface area contributed by atoms with Crippen molar-refractivity contribution in [2.45, 2.75) is 5.16 Å². The molecule has 0 atom stereocenters. The van der Waals surface area contributed by atoms with E-state index in [9.17, 15) is 8.42 Å². The Bertz CT molecular complexity index is 647. The fourth-order valence-electron chi connectivity index (χ4n) is 1.22. The quantitative estimate of drug-likeness (QED) is 0.671. The van der Waals surface area contributed by atoms with Crippen molar-refractivity contribution in [2.75, 3.05) is 19.1 Å². The van der Waals surface area contributed by atoms with Crippen LogP contribution in [0, 0.1) is 0 Å². The lowest BCUT2D eigenvalue weighted by Gasteiger charge is -2.00. The highest BCUT2D eigenvalue weighted by atomic mass is 32.2. The number of sulfone groups is 1. The van der Waals surface area contributed by atoms with Gasteiger partial charge in [0.15, 0.2) is 5.65 Å². The lowest BCUT2D eigenvalue weighted by atomic mass is 10.4. The number of anilines is 1. The molecule has 0 spiro atoms. The number of ether oxygens (including phenoxy) is 1. The van der Waals surface area contributed by atoms with Crippen molar-refractivity contribution in [1.29, 1.82) is 0 Å². The van der Waals surface area contributed by atoms with E-state index in [1.807, 2.05) is 0 Å². The summed E-state index contributed by atoms with van der Waals surface area (Å²) in [5.41, 5.74) is 5.85. The molecule has 86 valence electrons. The van der Waals surface area contributed by atoms with Crippen LogP contribution in [-0.2, 0) is 9.84 Å².